The first-order chi connectivity index (χ1) is 10.4. The van der Waals surface area contributed by atoms with Crippen LogP contribution in [-0.2, 0) is 0 Å². The number of benzene rings is 1. The Morgan fingerprint density at radius 3 is 2.68 bits per heavy atom. The first-order valence-corrected chi connectivity index (χ1v) is 6.14. The van der Waals surface area contributed by atoms with Crippen LogP contribution in [0, 0.1) is 0 Å². The minimum absolute atomic E-state index is 0.0560. The van der Waals surface area contributed by atoms with E-state index in [0.717, 1.165) is 0 Å². The highest BCUT2D eigenvalue weighted by Crippen LogP contribution is 2.26. The molecule has 8 nitrogen and oxygen atoms in total. The number of aromatic nitrogens is 4. The van der Waals surface area contributed by atoms with Crippen molar-refractivity contribution in [3.8, 4) is 5.75 Å². The Morgan fingerprint density at radius 2 is 2.00 bits per heavy atom. The number of ether oxygens (including phenoxy) is 1. The van der Waals surface area contributed by atoms with Crippen LogP contribution in [0.2, 0.25) is 0 Å². The van der Waals surface area contributed by atoms with Crippen molar-refractivity contribution in [2.24, 2.45) is 0 Å². The van der Waals surface area contributed by atoms with Crippen molar-refractivity contribution in [1.29, 1.82) is 0 Å². The molecule has 0 radical (unpaired) electrons. The summed E-state index contributed by atoms with van der Waals surface area (Å²) < 4.78 is 33.5. The molecule has 11 heteroatoms. The summed E-state index contributed by atoms with van der Waals surface area (Å²) in [5.41, 5.74) is -3.69. The number of nitrogens with zero attached hydrogens (tertiary/aromatic N) is 3. The van der Waals surface area contributed by atoms with Crippen molar-refractivity contribution >= 4 is 34.4 Å². The monoisotopic (exact) mass is 329 g/mol. The number of hydrogen-bond donors (Lipinski definition) is 2. The van der Waals surface area contributed by atoms with E-state index < -0.39 is 11.1 Å². The molecule has 0 bridgehead atoms. The number of fused-ring (bicyclic) bond motifs is 1. The van der Waals surface area contributed by atoms with Crippen molar-refractivity contribution in [2.75, 3.05) is 5.32 Å². The molecule has 0 atom stereocenters. The maximum absolute atomic E-state index is 12.5. The van der Waals surface area contributed by atoms with E-state index >= 15 is 0 Å². The Morgan fingerprint density at radius 1 is 1.27 bits per heavy atom. The molecule has 2 N–H and O–H groups in total. The standard InChI is InChI=1S/C11H6ClF2N5O3/c12-11(13,14)21-6-3-1-5(2-4-6)15-9-10(20)17-8-7(16-9)18-22-19-8/h1-4H,(H,15,16,18)(H,17,19,20). The summed E-state index contributed by atoms with van der Waals surface area (Å²) in [4.78, 5) is 18.1. The third-order valence-corrected chi connectivity index (χ3v) is 2.56. The number of hydrogen-bond acceptors (Lipinski definition) is 7. The lowest BCUT2D eigenvalue weighted by Crippen LogP contribution is -2.15. The van der Waals surface area contributed by atoms with Crippen molar-refractivity contribution in [3.05, 3.63) is 34.6 Å². The average molecular weight is 330 g/mol. The zero-order chi connectivity index (χ0) is 15.7. The molecular formula is C11H6ClF2N5O3. The number of nitrogens with one attached hydrogen (secondary N) is 2. The van der Waals surface area contributed by atoms with Gasteiger partial charge < -0.3 is 10.1 Å². The molecule has 3 aromatic rings. The van der Waals surface area contributed by atoms with E-state index in [1.54, 1.807) is 0 Å². The molecule has 0 aliphatic heterocycles. The van der Waals surface area contributed by atoms with Crippen LogP contribution in [0.1, 0.15) is 0 Å². The fourth-order valence-corrected chi connectivity index (χ4v) is 1.71. The lowest BCUT2D eigenvalue weighted by atomic mass is 10.3. The van der Waals surface area contributed by atoms with Gasteiger partial charge in [0.2, 0.25) is 11.3 Å². The second kappa shape index (κ2) is 5.22. The molecular weight excluding hydrogens is 324 g/mol. The van der Waals surface area contributed by atoms with Crippen LogP contribution in [-0.4, -0.2) is 25.8 Å². The number of anilines is 2. The van der Waals surface area contributed by atoms with Gasteiger partial charge in [-0.3, -0.25) is 9.78 Å². The van der Waals surface area contributed by atoms with Crippen molar-refractivity contribution in [2.45, 2.75) is 5.57 Å². The molecule has 0 saturated carbocycles. The topological polar surface area (TPSA) is 106 Å². The van der Waals surface area contributed by atoms with Crippen LogP contribution in [0.5, 0.6) is 5.75 Å². The number of halogens is 3. The lowest BCUT2D eigenvalue weighted by molar-refractivity contribution is -0.0964. The van der Waals surface area contributed by atoms with E-state index in [9.17, 15) is 13.6 Å². The molecule has 22 heavy (non-hydrogen) atoms. The summed E-state index contributed by atoms with van der Waals surface area (Å²) >= 11 is 4.65. The molecule has 0 aliphatic rings. The molecule has 114 valence electrons. The van der Waals surface area contributed by atoms with Gasteiger partial charge >= 0.3 is 5.57 Å². The summed E-state index contributed by atoms with van der Waals surface area (Å²) in [5, 5.41) is 9.64. The highest BCUT2D eigenvalue weighted by Gasteiger charge is 2.27. The van der Waals surface area contributed by atoms with Crippen molar-refractivity contribution < 1.29 is 18.1 Å². The maximum atomic E-state index is 12.5. The lowest BCUT2D eigenvalue weighted by Gasteiger charge is -2.11. The Bertz CT molecular complexity index is 859. The van der Waals surface area contributed by atoms with Crippen molar-refractivity contribution in [1.82, 2.24) is 20.3 Å². The minimum atomic E-state index is -3.79. The van der Waals surface area contributed by atoms with E-state index in [4.69, 9.17) is 0 Å². The van der Waals surface area contributed by atoms with E-state index in [2.05, 4.69) is 46.6 Å². The first kappa shape index (κ1) is 14.2. The van der Waals surface area contributed by atoms with Crippen LogP contribution in [0.15, 0.2) is 33.7 Å². The second-order valence-corrected chi connectivity index (χ2v) is 4.49. The summed E-state index contributed by atoms with van der Waals surface area (Å²) in [5.74, 6) is -0.192. The maximum Gasteiger partial charge on any atom is 0.487 e. The Kier molecular flexibility index (Phi) is 3.37. The third kappa shape index (κ3) is 3.11. The van der Waals surface area contributed by atoms with Gasteiger partial charge in [0.25, 0.3) is 5.56 Å². The molecule has 0 unspecified atom stereocenters. The second-order valence-electron chi connectivity index (χ2n) is 4.05. The third-order valence-electron chi connectivity index (χ3n) is 2.49. The van der Waals surface area contributed by atoms with E-state index in [1.807, 2.05) is 0 Å². The van der Waals surface area contributed by atoms with Gasteiger partial charge in [0.15, 0.2) is 5.82 Å². The quantitative estimate of drug-likeness (QED) is 0.707. The molecule has 2 heterocycles. The number of aromatic amines is 1. The van der Waals surface area contributed by atoms with Gasteiger partial charge in [-0.1, -0.05) is 0 Å². The highest BCUT2D eigenvalue weighted by atomic mass is 35.5. The summed E-state index contributed by atoms with van der Waals surface area (Å²) in [7, 11) is 0. The van der Waals surface area contributed by atoms with Crippen LogP contribution >= 0.6 is 11.6 Å². The van der Waals surface area contributed by atoms with Gasteiger partial charge in [0.1, 0.15) is 5.75 Å². The molecule has 0 fully saturated rings. The Labute approximate surface area is 125 Å². The highest BCUT2D eigenvalue weighted by molar-refractivity contribution is 6.20. The summed E-state index contributed by atoms with van der Waals surface area (Å²) in [6, 6.07) is 5.32. The normalized spacial score (nSPS) is 11.6. The molecule has 2 aromatic heterocycles. The summed E-state index contributed by atoms with van der Waals surface area (Å²) in [6.45, 7) is 0. The number of rotatable bonds is 4. The largest absolute Gasteiger partial charge is 0.487 e. The molecule has 0 saturated heterocycles. The van der Waals surface area contributed by atoms with E-state index in [1.165, 1.54) is 24.3 Å². The van der Waals surface area contributed by atoms with Crippen LogP contribution in [0.3, 0.4) is 0 Å². The smallest absolute Gasteiger partial charge is 0.420 e. The Hall–Kier alpha value is -2.75. The van der Waals surface area contributed by atoms with Gasteiger partial charge in [-0.25, -0.2) is 4.63 Å². The Balaban J connectivity index is 1.82. The SMILES string of the molecule is O=c1[nH]c2nonc2nc1Nc1ccc(OC(F)(F)Cl)cc1. The molecule has 3 rings (SSSR count). The van der Waals surface area contributed by atoms with E-state index in [-0.39, 0.29) is 22.9 Å². The summed E-state index contributed by atoms with van der Waals surface area (Å²) in [6.07, 6.45) is 0. The van der Waals surface area contributed by atoms with Gasteiger partial charge in [0, 0.05) is 17.3 Å². The average Bonchev–Trinajstić information content (AvgIpc) is 2.87. The zero-order valence-corrected chi connectivity index (χ0v) is 11.3. The van der Waals surface area contributed by atoms with Crippen LogP contribution < -0.4 is 15.6 Å². The van der Waals surface area contributed by atoms with Gasteiger partial charge in [-0.15, -0.1) is 8.78 Å². The predicted molar refractivity (Wildman–Crippen MR) is 71.4 cm³/mol. The predicted octanol–water partition coefficient (Wildman–Crippen LogP) is 2.22. The van der Waals surface area contributed by atoms with E-state index in [0.29, 0.717) is 5.69 Å². The molecule has 0 amide bonds. The molecule has 0 spiro atoms. The van der Waals surface area contributed by atoms with Gasteiger partial charge in [0.05, 0.1) is 0 Å². The van der Waals surface area contributed by atoms with Gasteiger partial charge in [-0.2, -0.15) is 4.98 Å². The first-order valence-electron chi connectivity index (χ1n) is 5.76. The molecule has 1 aromatic carbocycles. The fraction of sp³-hybridized carbons (Fsp3) is 0.0909. The minimum Gasteiger partial charge on any atom is -0.420 e. The fourth-order valence-electron chi connectivity index (χ4n) is 1.62. The zero-order valence-electron chi connectivity index (χ0n) is 10.5. The number of H-pyrrole nitrogens is 1. The molecule has 0 aliphatic carbocycles. The van der Waals surface area contributed by atoms with Crippen LogP contribution in [0.25, 0.3) is 11.3 Å². The van der Waals surface area contributed by atoms with Crippen molar-refractivity contribution in [3.63, 3.8) is 0 Å². The van der Waals surface area contributed by atoms with Gasteiger partial charge in [-0.05, 0) is 34.6 Å². The van der Waals surface area contributed by atoms with Crippen LogP contribution in [0.4, 0.5) is 20.3 Å². The number of alkyl halides is 3.